The van der Waals surface area contributed by atoms with Crippen LogP contribution in [0.1, 0.15) is 24.3 Å². The maximum Gasteiger partial charge on any atom is 0.248 e. The molecule has 0 saturated carbocycles. The Balaban J connectivity index is 1.40. The number of aromatic nitrogens is 1. The van der Waals surface area contributed by atoms with Crippen molar-refractivity contribution in [2.24, 2.45) is 11.8 Å². The number of fused-ring (bicyclic) bond motifs is 1. The van der Waals surface area contributed by atoms with Crippen LogP contribution in [0.2, 0.25) is 0 Å². The van der Waals surface area contributed by atoms with Crippen LogP contribution in [0.15, 0.2) is 21.6 Å². The Bertz CT molecular complexity index is 884. The first-order valence-corrected chi connectivity index (χ1v) is 11.0. The quantitative estimate of drug-likeness (QED) is 0.510. The summed E-state index contributed by atoms with van der Waals surface area (Å²) in [6.07, 6.45) is 5.21. The van der Waals surface area contributed by atoms with E-state index in [1.165, 1.54) is 9.21 Å². The second-order valence-corrected chi connectivity index (χ2v) is 9.60. The van der Waals surface area contributed by atoms with Gasteiger partial charge in [0.05, 0.1) is 38.0 Å². The van der Waals surface area contributed by atoms with E-state index in [1.807, 2.05) is 12.2 Å². The molecule has 1 aromatic heterocycles. The van der Waals surface area contributed by atoms with Gasteiger partial charge in [-0.1, -0.05) is 17.3 Å². The predicted molar refractivity (Wildman–Crippen MR) is 97.5 cm³/mol. The van der Waals surface area contributed by atoms with Crippen molar-refractivity contribution in [1.29, 1.82) is 0 Å². The molecule has 0 bridgehead atoms. The van der Waals surface area contributed by atoms with Gasteiger partial charge >= 0.3 is 0 Å². The molecule has 0 unspecified atom stereocenters. The van der Waals surface area contributed by atoms with E-state index in [4.69, 9.17) is 4.52 Å². The molecule has 2 saturated heterocycles. The zero-order valence-corrected chi connectivity index (χ0v) is 16.9. The highest BCUT2D eigenvalue weighted by molar-refractivity contribution is 7.89. The number of amides is 2. The van der Waals surface area contributed by atoms with Crippen LogP contribution in [-0.2, 0) is 19.6 Å². The number of hydrogen-bond acceptors (Lipinski definition) is 6. The highest BCUT2D eigenvalue weighted by Gasteiger charge is 2.48. The Morgan fingerprint density at radius 3 is 2.18 bits per heavy atom. The van der Waals surface area contributed by atoms with Gasteiger partial charge < -0.3 is 9.42 Å². The average molecular weight is 409 g/mol. The van der Waals surface area contributed by atoms with Gasteiger partial charge in [-0.2, -0.15) is 4.31 Å². The summed E-state index contributed by atoms with van der Waals surface area (Å²) >= 11 is 0. The SMILES string of the molecule is Cc1noc(C)c1S(=O)(=O)N1CC[NH+](CN2C(=O)[C@@H]3CC=CC[C@H]3C2=O)CC1. The molecule has 0 aromatic carbocycles. The Morgan fingerprint density at radius 1 is 1.11 bits per heavy atom. The van der Waals surface area contributed by atoms with Crippen molar-refractivity contribution in [3.8, 4) is 0 Å². The number of carbonyl (C=O) groups excluding carboxylic acids is 2. The van der Waals surface area contributed by atoms with Gasteiger partial charge in [0.25, 0.3) is 0 Å². The summed E-state index contributed by atoms with van der Waals surface area (Å²) < 4.78 is 32.2. The molecule has 1 aliphatic carbocycles. The largest absolute Gasteiger partial charge is 0.360 e. The fourth-order valence-electron chi connectivity index (χ4n) is 4.42. The van der Waals surface area contributed by atoms with E-state index in [0.29, 0.717) is 51.4 Å². The first kappa shape index (κ1) is 19.3. The number of sulfonamides is 1. The van der Waals surface area contributed by atoms with Crippen LogP contribution in [0.3, 0.4) is 0 Å². The molecule has 152 valence electrons. The number of quaternary nitrogens is 1. The van der Waals surface area contributed by atoms with Crippen LogP contribution < -0.4 is 4.90 Å². The lowest BCUT2D eigenvalue weighted by Gasteiger charge is -2.32. The monoisotopic (exact) mass is 409 g/mol. The molecule has 28 heavy (non-hydrogen) atoms. The summed E-state index contributed by atoms with van der Waals surface area (Å²) in [5.41, 5.74) is 0.358. The highest BCUT2D eigenvalue weighted by atomic mass is 32.2. The molecule has 1 aromatic rings. The van der Waals surface area contributed by atoms with Gasteiger partial charge in [0.15, 0.2) is 12.4 Å². The van der Waals surface area contributed by atoms with Gasteiger partial charge in [-0.05, 0) is 26.7 Å². The van der Waals surface area contributed by atoms with E-state index in [-0.39, 0.29) is 34.3 Å². The molecule has 3 aliphatic rings. The second-order valence-electron chi connectivity index (χ2n) is 7.73. The van der Waals surface area contributed by atoms with Crippen molar-refractivity contribution < 1.29 is 27.4 Å². The zero-order valence-electron chi connectivity index (χ0n) is 16.1. The molecule has 1 N–H and O–H groups in total. The van der Waals surface area contributed by atoms with E-state index < -0.39 is 10.0 Å². The topological polar surface area (TPSA) is 105 Å². The van der Waals surface area contributed by atoms with Crippen molar-refractivity contribution in [3.05, 3.63) is 23.6 Å². The van der Waals surface area contributed by atoms with Crippen molar-refractivity contribution in [1.82, 2.24) is 14.4 Å². The summed E-state index contributed by atoms with van der Waals surface area (Å²) in [5, 5.41) is 3.74. The number of rotatable bonds is 4. The molecular weight excluding hydrogens is 384 g/mol. The number of nitrogens with zero attached hydrogens (tertiary/aromatic N) is 3. The molecule has 4 rings (SSSR count). The third-order valence-electron chi connectivity index (χ3n) is 5.98. The minimum atomic E-state index is -3.66. The van der Waals surface area contributed by atoms with Gasteiger partial charge in [0.1, 0.15) is 10.6 Å². The molecule has 2 aliphatic heterocycles. The van der Waals surface area contributed by atoms with Gasteiger partial charge in [-0.3, -0.25) is 9.59 Å². The Kier molecular flexibility index (Phi) is 4.88. The first-order chi connectivity index (χ1) is 13.3. The first-order valence-electron chi connectivity index (χ1n) is 9.57. The van der Waals surface area contributed by atoms with Crippen molar-refractivity contribution >= 4 is 21.8 Å². The van der Waals surface area contributed by atoms with Gasteiger partial charge in [0, 0.05) is 0 Å². The maximum absolute atomic E-state index is 12.9. The van der Waals surface area contributed by atoms with Gasteiger partial charge in [0.2, 0.25) is 21.8 Å². The predicted octanol–water partition coefficient (Wildman–Crippen LogP) is -0.911. The summed E-state index contributed by atoms with van der Waals surface area (Å²) in [6.45, 7) is 5.24. The van der Waals surface area contributed by atoms with E-state index in [1.54, 1.807) is 13.8 Å². The number of carbonyl (C=O) groups is 2. The average Bonchev–Trinajstić information content (AvgIpc) is 3.14. The Labute approximate surface area is 164 Å². The summed E-state index contributed by atoms with van der Waals surface area (Å²) in [7, 11) is -3.66. The second kappa shape index (κ2) is 7.09. The Hall–Kier alpha value is -2.04. The molecule has 3 heterocycles. The van der Waals surface area contributed by atoms with E-state index >= 15 is 0 Å². The lowest BCUT2D eigenvalue weighted by Crippen LogP contribution is -3.16. The number of piperazine rings is 1. The lowest BCUT2D eigenvalue weighted by molar-refractivity contribution is -0.910. The Morgan fingerprint density at radius 2 is 1.68 bits per heavy atom. The van der Waals surface area contributed by atoms with Crippen LogP contribution >= 0.6 is 0 Å². The summed E-state index contributed by atoms with van der Waals surface area (Å²) in [5.74, 6) is -0.330. The van der Waals surface area contributed by atoms with E-state index in [9.17, 15) is 18.0 Å². The minimum Gasteiger partial charge on any atom is -0.360 e. The van der Waals surface area contributed by atoms with Gasteiger partial charge in [-0.15, -0.1) is 0 Å². The van der Waals surface area contributed by atoms with Crippen molar-refractivity contribution in [3.63, 3.8) is 0 Å². The normalized spacial score (nSPS) is 26.9. The summed E-state index contributed by atoms with van der Waals surface area (Å²) in [4.78, 5) is 27.8. The van der Waals surface area contributed by atoms with E-state index in [0.717, 1.165) is 4.90 Å². The smallest absolute Gasteiger partial charge is 0.248 e. The van der Waals surface area contributed by atoms with Crippen LogP contribution in [0.4, 0.5) is 0 Å². The molecule has 0 spiro atoms. The van der Waals surface area contributed by atoms with Crippen molar-refractivity contribution in [2.75, 3.05) is 32.8 Å². The third-order valence-corrected chi connectivity index (χ3v) is 8.12. The molecule has 10 heteroatoms. The van der Waals surface area contributed by atoms with Crippen LogP contribution in [0.25, 0.3) is 0 Å². The molecule has 2 fully saturated rings. The van der Waals surface area contributed by atoms with Gasteiger partial charge in [-0.25, -0.2) is 13.3 Å². The molecule has 9 nitrogen and oxygen atoms in total. The third kappa shape index (κ3) is 3.09. The van der Waals surface area contributed by atoms with Crippen molar-refractivity contribution in [2.45, 2.75) is 31.6 Å². The number of likely N-dealkylation sites (tertiary alicyclic amines) is 1. The number of imide groups is 1. The maximum atomic E-state index is 12.9. The fraction of sp³-hybridized carbons (Fsp3) is 0.611. The fourth-order valence-corrected chi connectivity index (χ4v) is 6.15. The number of allylic oxidation sites excluding steroid dienone is 2. The summed E-state index contributed by atoms with van der Waals surface area (Å²) in [6, 6.07) is 0. The molecular formula is C18H25N4O5S+. The number of nitrogens with one attached hydrogen (secondary N) is 1. The zero-order chi connectivity index (χ0) is 20.1. The highest BCUT2D eigenvalue weighted by Crippen LogP contribution is 2.34. The number of hydrogen-bond donors (Lipinski definition) is 1. The number of aryl methyl sites for hydroxylation is 2. The molecule has 2 atom stereocenters. The standard InChI is InChI=1S/C18H24N4O5S/c1-12-16(13(2)27-19-12)28(25,26)21-9-7-20(8-10-21)11-22-17(23)14-5-3-4-6-15(14)18(22)24/h3-4,14-15H,5-11H2,1-2H3/p+1/t14-,15-/m1/s1. The van der Waals surface area contributed by atoms with E-state index in [2.05, 4.69) is 5.16 Å². The van der Waals surface area contributed by atoms with Crippen LogP contribution in [0, 0.1) is 25.7 Å². The van der Waals surface area contributed by atoms with Crippen LogP contribution in [-0.4, -0.2) is 67.4 Å². The van der Waals surface area contributed by atoms with Crippen LogP contribution in [0.5, 0.6) is 0 Å². The lowest BCUT2D eigenvalue weighted by atomic mass is 9.85. The molecule has 2 amide bonds. The minimum absolute atomic E-state index is 0.0855. The molecule has 0 radical (unpaired) electrons.